The molecule has 0 saturated heterocycles. The third-order valence-electron chi connectivity index (χ3n) is 4.53. The molecule has 0 amide bonds. The number of aromatic hydroxyl groups is 1. The average molecular weight is 436 g/mol. The van der Waals surface area contributed by atoms with Gasteiger partial charge >= 0.3 is 5.69 Å². The number of fused-ring (bicyclic) bond motifs is 1. The molecule has 2 N–H and O–H groups in total. The third-order valence-corrected chi connectivity index (χ3v) is 4.83. The second kappa shape index (κ2) is 7.75. The Kier molecular flexibility index (Phi) is 5.13. The van der Waals surface area contributed by atoms with Crippen molar-refractivity contribution in [2.45, 2.75) is 6.54 Å². The predicted octanol–water partition coefficient (Wildman–Crippen LogP) is 4.42. The van der Waals surface area contributed by atoms with Crippen LogP contribution in [0.25, 0.3) is 11.6 Å². The molecule has 0 radical (unpaired) electrons. The standard InChI is InChI=1S/C20H13ClF3N3O3/c21-13-3-2-12-11(7-25-17(12)18(13)30-9-22)6-16-19(28)27(20(29)26-16)8-10-1-4-14(23)15(24)5-10/h1-7,28H,8-9H2,(H,26,29). The Morgan fingerprint density at radius 2 is 2.03 bits per heavy atom. The Morgan fingerprint density at radius 1 is 1.23 bits per heavy atom. The van der Waals surface area contributed by atoms with E-state index in [1.165, 1.54) is 24.4 Å². The van der Waals surface area contributed by atoms with E-state index in [-0.39, 0.29) is 23.0 Å². The molecule has 0 spiro atoms. The molecule has 0 bridgehead atoms. The van der Waals surface area contributed by atoms with E-state index in [0.717, 1.165) is 16.7 Å². The lowest BCUT2D eigenvalue weighted by atomic mass is 10.1. The molecule has 4 rings (SSSR count). The molecule has 0 atom stereocenters. The molecular weight excluding hydrogens is 423 g/mol. The van der Waals surface area contributed by atoms with Gasteiger partial charge in [0.2, 0.25) is 12.7 Å². The number of hydrogen-bond acceptors (Lipinski definition) is 4. The minimum absolute atomic E-state index is 0.0831. The number of H-pyrrole nitrogens is 1. The Hall–Kier alpha value is -3.46. The maximum atomic E-state index is 13.4. The number of aromatic nitrogens is 2. The van der Waals surface area contributed by atoms with E-state index in [2.05, 4.69) is 9.98 Å². The summed E-state index contributed by atoms with van der Waals surface area (Å²) in [6, 6.07) is 6.37. The Labute approximate surface area is 172 Å². The van der Waals surface area contributed by atoms with Gasteiger partial charge in [-0.15, -0.1) is 0 Å². The summed E-state index contributed by atoms with van der Waals surface area (Å²) in [5.41, 5.74) is 1.14. The first-order valence-corrected chi connectivity index (χ1v) is 9.00. The highest BCUT2D eigenvalue weighted by atomic mass is 35.5. The topological polar surface area (TPSA) is 79.6 Å². The van der Waals surface area contributed by atoms with Gasteiger partial charge in [-0.1, -0.05) is 23.7 Å². The van der Waals surface area contributed by atoms with Crippen LogP contribution in [0.4, 0.5) is 18.9 Å². The third kappa shape index (κ3) is 3.48. The number of imidazole rings is 1. The number of rotatable bonds is 5. The SMILES string of the molecule is O=c1[nH]c(C=C2C=Nc3c2ccc(Cl)c3OCF)c(O)n1Cc1ccc(F)c(F)c1. The zero-order chi connectivity index (χ0) is 21.4. The van der Waals surface area contributed by atoms with Crippen LogP contribution in [-0.4, -0.2) is 27.7 Å². The van der Waals surface area contributed by atoms with Gasteiger partial charge in [0.05, 0.1) is 11.6 Å². The van der Waals surface area contributed by atoms with Gasteiger partial charge in [0.15, 0.2) is 17.4 Å². The van der Waals surface area contributed by atoms with Crippen LogP contribution in [0.3, 0.4) is 0 Å². The van der Waals surface area contributed by atoms with Crippen molar-refractivity contribution >= 4 is 35.2 Å². The second-order valence-corrected chi connectivity index (χ2v) is 6.79. The van der Waals surface area contributed by atoms with Crippen molar-refractivity contribution in [3.05, 3.63) is 74.3 Å². The zero-order valence-corrected chi connectivity index (χ0v) is 15.9. The van der Waals surface area contributed by atoms with Gasteiger partial charge < -0.3 is 14.8 Å². The molecule has 2 heterocycles. The summed E-state index contributed by atoms with van der Waals surface area (Å²) >= 11 is 6.02. The van der Waals surface area contributed by atoms with E-state index in [4.69, 9.17) is 16.3 Å². The van der Waals surface area contributed by atoms with E-state index in [1.54, 1.807) is 6.07 Å². The van der Waals surface area contributed by atoms with Crippen LogP contribution < -0.4 is 10.4 Å². The zero-order valence-electron chi connectivity index (χ0n) is 15.1. The molecule has 3 aromatic rings. The molecule has 1 aliphatic heterocycles. The van der Waals surface area contributed by atoms with Gasteiger partial charge in [0.1, 0.15) is 11.4 Å². The highest BCUT2D eigenvalue weighted by Crippen LogP contribution is 2.44. The molecule has 30 heavy (non-hydrogen) atoms. The second-order valence-electron chi connectivity index (χ2n) is 6.39. The number of allylic oxidation sites excluding steroid dienone is 1. The largest absolute Gasteiger partial charge is 0.493 e. The van der Waals surface area contributed by atoms with Gasteiger partial charge in [0.25, 0.3) is 0 Å². The number of alkyl halides is 1. The van der Waals surface area contributed by atoms with Crippen LogP contribution in [0.15, 0.2) is 40.1 Å². The fourth-order valence-corrected chi connectivity index (χ4v) is 3.33. The fourth-order valence-electron chi connectivity index (χ4n) is 3.12. The Morgan fingerprint density at radius 3 is 2.77 bits per heavy atom. The Bertz CT molecular complexity index is 1260. The molecule has 1 aliphatic rings. The van der Waals surface area contributed by atoms with Crippen molar-refractivity contribution in [3.8, 4) is 11.6 Å². The molecule has 0 saturated carbocycles. The molecule has 154 valence electrons. The summed E-state index contributed by atoms with van der Waals surface area (Å²) in [6.07, 6.45) is 2.93. The summed E-state index contributed by atoms with van der Waals surface area (Å²) < 4.78 is 45.0. The van der Waals surface area contributed by atoms with Crippen molar-refractivity contribution in [1.82, 2.24) is 9.55 Å². The number of aliphatic imine (C=N–C) groups is 1. The highest BCUT2D eigenvalue weighted by Gasteiger charge is 2.21. The number of nitrogens with zero attached hydrogens (tertiary/aromatic N) is 2. The maximum absolute atomic E-state index is 13.4. The number of ether oxygens (including phenoxy) is 1. The van der Waals surface area contributed by atoms with E-state index >= 15 is 0 Å². The van der Waals surface area contributed by atoms with E-state index in [1.807, 2.05) is 0 Å². The molecule has 1 aromatic heterocycles. The number of halogens is 4. The van der Waals surface area contributed by atoms with E-state index < -0.39 is 30.1 Å². The fraction of sp³-hybridized carbons (Fsp3) is 0.100. The number of nitrogens with one attached hydrogen (secondary N) is 1. The molecular formula is C20H13ClF3N3O3. The van der Waals surface area contributed by atoms with Crippen LogP contribution in [0, 0.1) is 11.6 Å². The number of aromatic amines is 1. The maximum Gasteiger partial charge on any atom is 0.329 e. The van der Waals surface area contributed by atoms with Gasteiger partial charge in [-0.2, -0.15) is 0 Å². The van der Waals surface area contributed by atoms with Gasteiger partial charge in [0, 0.05) is 17.4 Å². The first kappa shape index (κ1) is 19.8. The van der Waals surface area contributed by atoms with Crippen LogP contribution in [0.2, 0.25) is 5.02 Å². The molecule has 0 fully saturated rings. The lowest BCUT2D eigenvalue weighted by Gasteiger charge is -2.08. The summed E-state index contributed by atoms with van der Waals surface area (Å²) in [6.45, 7) is -1.25. The van der Waals surface area contributed by atoms with Crippen LogP contribution >= 0.6 is 11.6 Å². The molecule has 10 heteroatoms. The van der Waals surface area contributed by atoms with Gasteiger partial charge in [-0.25, -0.2) is 18.0 Å². The van der Waals surface area contributed by atoms with Crippen LogP contribution in [-0.2, 0) is 6.54 Å². The average Bonchev–Trinajstić information content (AvgIpc) is 3.23. The minimum atomic E-state index is -1.08. The molecule has 2 aromatic carbocycles. The van der Waals surface area contributed by atoms with E-state index in [9.17, 15) is 23.1 Å². The quantitative estimate of drug-likeness (QED) is 0.622. The molecule has 0 aliphatic carbocycles. The Balaban J connectivity index is 1.70. The van der Waals surface area contributed by atoms with Crippen LogP contribution in [0.5, 0.6) is 11.6 Å². The normalized spacial score (nSPS) is 13.8. The number of hydrogen-bond donors (Lipinski definition) is 2. The van der Waals surface area contributed by atoms with Crippen molar-refractivity contribution in [2.75, 3.05) is 6.86 Å². The predicted molar refractivity (Wildman–Crippen MR) is 106 cm³/mol. The highest BCUT2D eigenvalue weighted by molar-refractivity contribution is 6.33. The lowest BCUT2D eigenvalue weighted by molar-refractivity contribution is 0.192. The van der Waals surface area contributed by atoms with Crippen molar-refractivity contribution in [1.29, 1.82) is 0 Å². The van der Waals surface area contributed by atoms with Crippen LogP contribution in [0.1, 0.15) is 16.8 Å². The molecule has 0 unspecified atom stereocenters. The monoisotopic (exact) mass is 435 g/mol. The lowest BCUT2D eigenvalue weighted by Crippen LogP contribution is -2.17. The smallest absolute Gasteiger partial charge is 0.329 e. The summed E-state index contributed by atoms with van der Waals surface area (Å²) in [7, 11) is 0. The van der Waals surface area contributed by atoms with Crippen molar-refractivity contribution in [3.63, 3.8) is 0 Å². The number of benzene rings is 2. The summed E-state index contributed by atoms with van der Waals surface area (Å²) in [5.74, 6) is -2.37. The summed E-state index contributed by atoms with van der Waals surface area (Å²) in [5, 5.41) is 10.7. The first-order chi connectivity index (χ1) is 14.4. The van der Waals surface area contributed by atoms with E-state index in [0.29, 0.717) is 22.4 Å². The minimum Gasteiger partial charge on any atom is -0.493 e. The van der Waals surface area contributed by atoms with Gasteiger partial charge in [-0.05, 0) is 29.8 Å². The van der Waals surface area contributed by atoms with Crippen molar-refractivity contribution < 1.29 is 23.0 Å². The van der Waals surface area contributed by atoms with Crippen molar-refractivity contribution in [2.24, 2.45) is 4.99 Å². The van der Waals surface area contributed by atoms with Gasteiger partial charge in [-0.3, -0.25) is 9.56 Å². The first-order valence-electron chi connectivity index (χ1n) is 8.62. The molecule has 6 nitrogen and oxygen atoms in total. The summed E-state index contributed by atoms with van der Waals surface area (Å²) in [4.78, 5) is 18.9.